The summed E-state index contributed by atoms with van der Waals surface area (Å²) in [5.74, 6) is -0.941. The summed E-state index contributed by atoms with van der Waals surface area (Å²) in [5, 5.41) is -0.915. The smallest absolute Gasteiger partial charge is 0.180 e. The van der Waals surface area contributed by atoms with E-state index in [1.54, 1.807) is 0 Å². The van der Waals surface area contributed by atoms with Gasteiger partial charge in [0.05, 0.1) is 12.1 Å². The van der Waals surface area contributed by atoms with Gasteiger partial charge in [0.1, 0.15) is 5.82 Å². The van der Waals surface area contributed by atoms with Crippen LogP contribution in [-0.2, 0) is 0 Å². The molecular weight excluding hydrogens is 210 g/mol. The lowest BCUT2D eigenvalue weighted by molar-refractivity contribution is 0.0981. The third-order valence-corrected chi connectivity index (χ3v) is 2.17. The lowest BCUT2D eigenvalue weighted by Gasteiger charge is -2.05. The zero-order valence-electron chi connectivity index (χ0n) is 7.34. The molecular formula is C10H9ClF2O. The highest BCUT2D eigenvalue weighted by atomic mass is 35.5. The Morgan fingerprint density at radius 3 is 2.79 bits per heavy atom. The highest BCUT2D eigenvalue weighted by molar-refractivity contribution is 6.33. The number of benzene rings is 1. The van der Waals surface area contributed by atoms with Crippen molar-refractivity contribution < 1.29 is 13.6 Å². The Hall–Kier alpha value is -0.960. The molecule has 4 heteroatoms. The van der Waals surface area contributed by atoms with Crippen molar-refractivity contribution >= 4 is 17.4 Å². The van der Waals surface area contributed by atoms with Gasteiger partial charge in [-0.15, -0.1) is 11.6 Å². The first-order valence-corrected chi connectivity index (χ1v) is 4.58. The van der Waals surface area contributed by atoms with Gasteiger partial charge in [-0.2, -0.15) is 0 Å². The zero-order chi connectivity index (χ0) is 10.6. The van der Waals surface area contributed by atoms with Crippen molar-refractivity contribution in [3.8, 4) is 0 Å². The molecule has 0 saturated heterocycles. The van der Waals surface area contributed by atoms with Gasteiger partial charge < -0.3 is 0 Å². The second-order valence-electron chi connectivity index (χ2n) is 2.82. The molecule has 1 aromatic carbocycles. The normalized spacial score (nSPS) is 12.5. The van der Waals surface area contributed by atoms with Crippen molar-refractivity contribution in [2.24, 2.45) is 0 Å². The maximum absolute atomic E-state index is 12.7. The summed E-state index contributed by atoms with van der Waals surface area (Å²) in [4.78, 5) is 11.4. The lowest BCUT2D eigenvalue weighted by atomic mass is 10.1. The Morgan fingerprint density at radius 2 is 2.21 bits per heavy atom. The summed E-state index contributed by atoms with van der Waals surface area (Å²) >= 11 is 5.61. The van der Waals surface area contributed by atoms with Crippen LogP contribution in [0.1, 0.15) is 16.8 Å². The van der Waals surface area contributed by atoms with Crippen LogP contribution in [-0.4, -0.2) is 17.8 Å². The van der Waals surface area contributed by atoms with Crippen molar-refractivity contribution in [1.82, 2.24) is 0 Å². The van der Waals surface area contributed by atoms with Crippen molar-refractivity contribution in [2.45, 2.75) is 11.8 Å². The van der Waals surface area contributed by atoms with E-state index in [1.165, 1.54) is 18.2 Å². The summed E-state index contributed by atoms with van der Waals surface area (Å²) in [6.07, 6.45) is -0.0447. The van der Waals surface area contributed by atoms with E-state index in [0.717, 1.165) is 6.07 Å². The fraction of sp³-hybridized carbons (Fsp3) is 0.300. The average molecular weight is 219 g/mol. The number of hydrogen-bond donors (Lipinski definition) is 0. The first-order chi connectivity index (χ1) is 6.65. The van der Waals surface area contributed by atoms with E-state index in [0.29, 0.717) is 0 Å². The van der Waals surface area contributed by atoms with Crippen LogP contribution in [0.25, 0.3) is 0 Å². The predicted octanol–water partition coefficient (Wildman–Crippen LogP) is 2.98. The quantitative estimate of drug-likeness (QED) is 0.561. The fourth-order valence-corrected chi connectivity index (χ4v) is 1.26. The average Bonchev–Trinajstić information content (AvgIpc) is 2.17. The minimum Gasteiger partial charge on any atom is -0.293 e. The van der Waals surface area contributed by atoms with Crippen LogP contribution in [0.3, 0.4) is 0 Å². The van der Waals surface area contributed by atoms with Gasteiger partial charge in [-0.1, -0.05) is 12.1 Å². The lowest BCUT2D eigenvalue weighted by Crippen LogP contribution is -2.15. The minimum atomic E-state index is -0.915. The van der Waals surface area contributed by atoms with E-state index in [2.05, 4.69) is 0 Å². The summed E-state index contributed by atoms with van der Waals surface area (Å²) in [6, 6.07) is 5.20. The molecule has 0 aliphatic carbocycles. The Kier molecular flexibility index (Phi) is 4.01. The van der Waals surface area contributed by atoms with E-state index in [-0.39, 0.29) is 12.0 Å². The molecule has 1 atom stereocenters. The van der Waals surface area contributed by atoms with Crippen LogP contribution < -0.4 is 0 Å². The third-order valence-electron chi connectivity index (χ3n) is 1.76. The molecule has 1 unspecified atom stereocenters. The molecule has 1 nitrogen and oxygen atoms in total. The molecule has 1 rings (SSSR count). The SMILES string of the molecule is O=C(c1cccc(F)c1)C(Cl)CCF. The van der Waals surface area contributed by atoms with E-state index >= 15 is 0 Å². The molecule has 0 heterocycles. The van der Waals surface area contributed by atoms with Gasteiger partial charge in [0.15, 0.2) is 5.78 Å². The summed E-state index contributed by atoms with van der Waals surface area (Å²) in [6.45, 7) is -0.658. The molecule has 0 fully saturated rings. The molecule has 0 amide bonds. The van der Waals surface area contributed by atoms with Gasteiger partial charge in [0.25, 0.3) is 0 Å². The van der Waals surface area contributed by atoms with Gasteiger partial charge in [0, 0.05) is 5.56 Å². The molecule has 0 aromatic heterocycles. The largest absolute Gasteiger partial charge is 0.293 e. The zero-order valence-corrected chi connectivity index (χ0v) is 8.10. The second-order valence-corrected chi connectivity index (χ2v) is 3.35. The van der Waals surface area contributed by atoms with Crippen LogP contribution in [0, 0.1) is 5.82 Å². The van der Waals surface area contributed by atoms with Gasteiger partial charge in [-0.3, -0.25) is 9.18 Å². The first-order valence-electron chi connectivity index (χ1n) is 4.15. The van der Waals surface area contributed by atoms with Gasteiger partial charge >= 0.3 is 0 Å². The Morgan fingerprint density at radius 1 is 1.50 bits per heavy atom. The van der Waals surface area contributed by atoms with Crippen LogP contribution in [0.5, 0.6) is 0 Å². The maximum atomic E-state index is 12.7. The molecule has 0 bridgehead atoms. The standard InChI is InChI=1S/C10H9ClF2O/c11-9(4-5-12)10(14)7-2-1-3-8(13)6-7/h1-3,6,9H,4-5H2. The Bertz CT molecular complexity index is 328. The number of Topliss-reactive ketones (excluding diaryl/α,β-unsaturated/α-hetero) is 1. The topological polar surface area (TPSA) is 17.1 Å². The molecule has 0 spiro atoms. The Balaban J connectivity index is 2.78. The Labute approximate surface area is 85.7 Å². The van der Waals surface area contributed by atoms with Crippen LogP contribution in [0.4, 0.5) is 8.78 Å². The molecule has 0 radical (unpaired) electrons. The minimum absolute atomic E-state index is 0.0447. The molecule has 0 aliphatic rings. The molecule has 0 saturated carbocycles. The third kappa shape index (κ3) is 2.77. The van der Waals surface area contributed by atoms with Crippen LogP contribution >= 0.6 is 11.6 Å². The summed E-state index contributed by atoms with van der Waals surface area (Å²) in [5.41, 5.74) is 0.179. The first kappa shape index (κ1) is 11.1. The van der Waals surface area contributed by atoms with Crippen molar-refractivity contribution in [3.63, 3.8) is 0 Å². The van der Waals surface area contributed by atoms with Gasteiger partial charge in [-0.05, 0) is 18.6 Å². The number of rotatable bonds is 4. The number of halogens is 3. The van der Waals surface area contributed by atoms with Gasteiger partial charge in [-0.25, -0.2) is 4.39 Å². The van der Waals surface area contributed by atoms with E-state index in [1.807, 2.05) is 0 Å². The van der Waals surface area contributed by atoms with E-state index in [9.17, 15) is 13.6 Å². The molecule has 76 valence electrons. The summed E-state index contributed by atoms with van der Waals surface area (Å²) < 4.78 is 24.6. The fourth-order valence-electron chi connectivity index (χ4n) is 1.05. The molecule has 14 heavy (non-hydrogen) atoms. The molecule has 1 aromatic rings. The number of hydrogen-bond acceptors (Lipinski definition) is 1. The van der Waals surface area contributed by atoms with Crippen molar-refractivity contribution in [2.75, 3.05) is 6.67 Å². The number of carbonyl (C=O) groups is 1. The maximum Gasteiger partial charge on any atom is 0.180 e. The monoisotopic (exact) mass is 218 g/mol. The molecule has 0 N–H and O–H groups in total. The van der Waals surface area contributed by atoms with Gasteiger partial charge in [0.2, 0.25) is 0 Å². The summed E-state index contributed by atoms with van der Waals surface area (Å²) in [7, 11) is 0. The number of carbonyl (C=O) groups excluding carboxylic acids is 1. The number of ketones is 1. The molecule has 0 aliphatic heterocycles. The second kappa shape index (κ2) is 5.05. The van der Waals surface area contributed by atoms with Crippen molar-refractivity contribution in [3.05, 3.63) is 35.6 Å². The van der Waals surface area contributed by atoms with E-state index < -0.39 is 23.7 Å². The number of alkyl halides is 2. The van der Waals surface area contributed by atoms with Crippen LogP contribution in [0.15, 0.2) is 24.3 Å². The van der Waals surface area contributed by atoms with Crippen molar-refractivity contribution in [1.29, 1.82) is 0 Å². The predicted molar refractivity (Wildman–Crippen MR) is 51.0 cm³/mol. The van der Waals surface area contributed by atoms with Crippen LogP contribution in [0.2, 0.25) is 0 Å². The van der Waals surface area contributed by atoms with E-state index in [4.69, 9.17) is 11.6 Å². The highest BCUT2D eigenvalue weighted by Gasteiger charge is 2.17. The highest BCUT2D eigenvalue weighted by Crippen LogP contribution is 2.13.